The first-order valence-corrected chi connectivity index (χ1v) is 6.05. The summed E-state index contributed by atoms with van der Waals surface area (Å²) in [5.41, 5.74) is 5.00. The highest BCUT2D eigenvalue weighted by atomic mass is 79.9. The Kier molecular flexibility index (Phi) is 5.21. The minimum atomic E-state index is -0.379. The van der Waals surface area contributed by atoms with Gasteiger partial charge >= 0.3 is 0 Å². The van der Waals surface area contributed by atoms with E-state index in [1.54, 1.807) is 24.1 Å². The topological polar surface area (TPSA) is 76.5 Å². The number of carbonyl (C=O) groups is 2. The summed E-state index contributed by atoms with van der Waals surface area (Å²) in [7, 11) is 1.70. The minimum absolute atomic E-state index is 0.0289. The molecule has 0 fully saturated rings. The summed E-state index contributed by atoms with van der Waals surface area (Å²) >= 11 is 3.20. The van der Waals surface area contributed by atoms with Gasteiger partial charge in [-0.05, 0) is 34.5 Å². The molecule has 1 rings (SSSR count). The lowest BCUT2D eigenvalue weighted by Gasteiger charge is -2.15. The Morgan fingerprint density at radius 1 is 1.41 bits per heavy atom. The molecule has 0 aliphatic heterocycles. The molecule has 0 radical (unpaired) electrons. The summed E-state index contributed by atoms with van der Waals surface area (Å²) in [6, 6.07) is 3.58. The molecule has 0 saturated heterocycles. The fourth-order valence-corrected chi connectivity index (χ4v) is 1.70. The second-order valence-electron chi connectivity index (χ2n) is 3.78. The van der Waals surface area contributed by atoms with E-state index in [0.717, 1.165) is 0 Å². The molecule has 6 heteroatoms. The number of amides is 2. The van der Waals surface area contributed by atoms with E-state index in [9.17, 15) is 9.59 Å². The third kappa shape index (κ3) is 5.04. The summed E-state index contributed by atoms with van der Waals surface area (Å²) in [4.78, 5) is 23.7. The largest absolute Gasteiger partial charge is 0.452 e. The Balaban J connectivity index is 2.34. The van der Waals surface area contributed by atoms with Crippen molar-refractivity contribution in [2.75, 3.05) is 7.05 Å². The first-order chi connectivity index (χ1) is 7.99. The van der Waals surface area contributed by atoms with Gasteiger partial charge in [-0.3, -0.25) is 9.59 Å². The lowest BCUT2D eigenvalue weighted by atomic mass is 10.2. The van der Waals surface area contributed by atoms with Crippen LogP contribution in [-0.2, 0) is 16.1 Å². The van der Waals surface area contributed by atoms with Crippen LogP contribution in [0.25, 0.3) is 0 Å². The molecule has 1 aromatic rings. The molecule has 17 heavy (non-hydrogen) atoms. The lowest BCUT2D eigenvalue weighted by Crippen LogP contribution is -2.26. The maximum atomic E-state index is 11.7. The second kappa shape index (κ2) is 6.44. The van der Waals surface area contributed by atoms with E-state index in [1.807, 2.05) is 0 Å². The van der Waals surface area contributed by atoms with Crippen molar-refractivity contribution in [1.29, 1.82) is 0 Å². The average Bonchev–Trinajstić information content (AvgIpc) is 2.63. The van der Waals surface area contributed by atoms with E-state index < -0.39 is 0 Å². The predicted octanol–water partition coefficient (Wildman–Crippen LogP) is 1.66. The van der Waals surface area contributed by atoms with Crippen LogP contribution in [0.15, 0.2) is 21.2 Å². The Hall–Kier alpha value is -1.30. The summed E-state index contributed by atoms with van der Waals surface area (Å²) in [5.74, 6) is 0.303. The van der Waals surface area contributed by atoms with Crippen LogP contribution >= 0.6 is 15.9 Å². The van der Waals surface area contributed by atoms with Gasteiger partial charge in [-0.15, -0.1) is 0 Å². The maximum absolute atomic E-state index is 11.7. The predicted molar refractivity (Wildman–Crippen MR) is 65.9 cm³/mol. The third-order valence-corrected chi connectivity index (χ3v) is 2.69. The quantitative estimate of drug-likeness (QED) is 0.868. The van der Waals surface area contributed by atoms with Crippen molar-refractivity contribution < 1.29 is 14.0 Å². The Morgan fingerprint density at radius 2 is 2.12 bits per heavy atom. The molecular weight excluding hydrogens is 288 g/mol. The molecule has 1 aromatic heterocycles. The molecule has 0 aromatic carbocycles. The molecule has 0 atom stereocenters. The summed E-state index contributed by atoms with van der Waals surface area (Å²) in [6.07, 6.45) is 1.05. The van der Waals surface area contributed by atoms with Gasteiger partial charge in [-0.1, -0.05) is 0 Å². The zero-order chi connectivity index (χ0) is 12.8. The van der Waals surface area contributed by atoms with E-state index in [2.05, 4.69) is 15.9 Å². The zero-order valence-corrected chi connectivity index (χ0v) is 11.2. The SMILES string of the molecule is CN(Cc1ccc(Br)o1)C(=O)CCCC(N)=O. The van der Waals surface area contributed by atoms with Gasteiger partial charge in [0.2, 0.25) is 11.8 Å². The number of nitrogens with two attached hydrogens (primary N) is 1. The van der Waals surface area contributed by atoms with Gasteiger partial charge in [0.1, 0.15) is 5.76 Å². The minimum Gasteiger partial charge on any atom is -0.452 e. The number of furan rings is 1. The number of nitrogens with zero attached hydrogens (tertiary/aromatic N) is 1. The first-order valence-electron chi connectivity index (χ1n) is 5.25. The van der Waals surface area contributed by atoms with E-state index in [4.69, 9.17) is 10.2 Å². The molecular formula is C11H15BrN2O3. The maximum Gasteiger partial charge on any atom is 0.222 e. The normalized spacial score (nSPS) is 10.2. The molecule has 1 heterocycles. The standard InChI is InChI=1S/C11H15BrN2O3/c1-14(7-8-5-6-9(12)17-8)11(16)4-2-3-10(13)15/h5-6H,2-4,7H2,1H3,(H2,13,15). The van der Waals surface area contributed by atoms with E-state index in [-0.39, 0.29) is 18.2 Å². The molecule has 0 spiro atoms. The molecule has 94 valence electrons. The van der Waals surface area contributed by atoms with Crippen LogP contribution in [0, 0.1) is 0 Å². The molecule has 0 aliphatic rings. The van der Waals surface area contributed by atoms with Crippen LogP contribution in [0.1, 0.15) is 25.0 Å². The Labute approximate surface area is 108 Å². The highest BCUT2D eigenvalue weighted by Crippen LogP contribution is 2.15. The molecule has 2 amide bonds. The Bertz CT molecular complexity index is 403. The second-order valence-corrected chi connectivity index (χ2v) is 4.56. The molecule has 5 nitrogen and oxygen atoms in total. The smallest absolute Gasteiger partial charge is 0.222 e. The number of halogens is 1. The monoisotopic (exact) mass is 302 g/mol. The number of primary amides is 1. The van der Waals surface area contributed by atoms with Gasteiger partial charge in [0.05, 0.1) is 6.54 Å². The van der Waals surface area contributed by atoms with Crippen LogP contribution < -0.4 is 5.73 Å². The third-order valence-electron chi connectivity index (χ3n) is 2.26. The van der Waals surface area contributed by atoms with E-state index in [1.165, 1.54) is 0 Å². The van der Waals surface area contributed by atoms with E-state index >= 15 is 0 Å². The number of rotatable bonds is 6. The van der Waals surface area contributed by atoms with Gasteiger partial charge in [-0.2, -0.15) is 0 Å². The molecule has 0 saturated carbocycles. The number of hydrogen-bond acceptors (Lipinski definition) is 3. The van der Waals surface area contributed by atoms with E-state index in [0.29, 0.717) is 29.8 Å². The average molecular weight is 303 g/mol. The van der Waals surface area contributed by atoms with Gasteiger partial charge in [0.15, 0.2) is 4.67 Å². The molecule has 0 aliphatic carbocycles. The van der Waals surface area contributed by atoms with Gasteiger partial charge in [-0.25, -0.2) is 0 Å². The van der Waals surface area contributed by atoms with Crippen LogP contribution in [0.5, 0.6) is 0 Å². The summed E-state index contributed by atoms with van der Waals surface area (Å²) in [5, 5.41) is 0. The van der Waals surface area contributed by atoms with Crippen molar-refractivity contribution in [1.82, 2.24) is 4.90 Å². The van der Waals surface area contributed by atoms with Crippen LogP contribution in [0.4, 0.5) is 0 Å². The molecule has 0 unspecified atom stereocenters. The van der Waals surface area contributed by atoms with Crippen molar-refractivity contribution in [3.63, 3.8) is 0 Å². The van der Waals surface area contributed by atoms with Crippen molar-refractivity contribution in [2.45, 2.75) is 25.8 Å². The van der Waals surface area contributed by atoms with Crippen LogP contribution in [0.3, 0.4) is 0 Å². The number of hydrogen-bond donors (Lipinski definition) is 1. The van der Waals surface area contributed by atoms with Crippen molar-refractivity contribution in [3.8, 4) is 0 Å². The molecule has 2 N–H and O–H groups in total. The highest BCUT2D eigenvalue weighted by molar-refractivity contribution is 9.10. The van der Waals surface area contributed by atoms with Gasteiger partial charge < -0.3 is 15.1 Å². The molecule has 0 bridgehead atoms. The lowest BCUT2D eigenvalue weighted by molar-refractivity contribution is -0.130. The zero-order valence-electron chi connectivity index (χ0n) is 9.61. The number of carbonyl (C=O) groups excluding carboxylic acids is 2. The summed E-state index contributed by atoms with van der Waals surface area (Å²) in [6.45, 7) is 0.418. The van der Waals surface area contributed by atoms with Crippen molar-refractivity contribution in [3.05, 3.63) is 22.6 Å². The van der Waals surface area contributed by atoms with Crippen molar-refractivity contribution >= 4 is 27.7 Å². The fourth-order valence-electron chi connectivity index (χ4n) is 1.36. The van der Waals surface area contributed by atoms with Crippen molar-refractivity contribution in [2.24, 2.45) is 5.73 Å². The fraction of sp³-hybridized carbons (Fsp3) is 0.455. The van der Waals surface area contributed by atoms with Crippen LogP contribution in [0.2, 0.25) is 0 Å². The highest BCUT2D eigenvalue weighted by Gasteiger charge is 2.11. The van der Waals surface area contributed by atoms with Gasteiger partial charge in [0.25, 0.3) is 0 Å². The Morgan fingerprint density at radius 3 is 2.65 bits per heavy atom. The summed E-state index contributed by atoms with van der Waals surface area (Å²) < 4.78 is 5.94. The van der Waals surface area contributed by atoms with Gasteiger partial charge in [0, 0.05) is 19.9 Å². The van der Waals surface area contributed by atoms with Crippen LogP contribution in [-0.4, -0.2) is 23.8 Å². The first kappa shape index (κ1) is 13.8.